The predicted molar refractivity (Wildman–Crippen MR) is 104 cm³/mol. The van der Waals surface area contributed by atoms with Gasteiger partial charge in [0, 0.05) is 37.1 Å². The Morgan fingerprint density at radius 3 is 2.81 bits per heavy atom. The van der Waals surface area contributed by atoms with E-state index in [1.165, 1.54) is 0 Å². The van der Waals surface area contributed by atoms with Gasteiger partial charge in [0.15, 0.2) is 0 Å². The fourth-order valence-electron chi connectivity index (χ4n) is 3.25. The number of nitrogens with one attached hydrogen (secondary N) is 1. The summed E-state index contributed by atoms with van der Waals surface area (Å²) in [6, 6.07) is 13.3. The molecule has 7 heteroatoms. The van der Waals surface area contributed by atoms with Gasteiger partial charge in [-0.2, -0.15) is 8.75 Å². The van der Waals surface area contributed by atoms with E-state index < -0.39 is 0 Å². The van der Waals surface area contributed by atoms with E-state index in [0.717, 1.165) is 60.1 Å². The van der Waals surface area contributed by atoms with Gasteiger partial charge in [0.05, 0.1) is 17.8 Å². The molecule has 1 unspecified atom stereocenters. The summed E-state index contributed by atoms with van der Waals surface area (Å²) in [5.74, 6) is -0.148. The molecule has 0 aliphatic carbocycles. The number of amides is 1. The summed E-state index contributed by atoms with van der Waals surface area (Å²) in [5.41, 5.74) is 4.06. The van der Waals surface area contributed by atoms with Gasteiger partial charge in [-0.25, -0.2) is 0 Å². The number of piperidine rings is 1. The van der Waals surface area contributed by atoms with E-state index in [2.05, 4.69) is 19.0 Å². The van der Waals surface area contributed by atoms with Gasteiger partial charge in [-0.15, -0.1) is 0 Å². The van der Waals surface area contributed by atoms with Crippen LogP contribution in [-0.4, -0.2) is 41.0 Å². The molecule has 2 aromatic carbocycles. The van der Waals surface area contributed by atoms with Crippen molar-refractivity contribution in [1.82, 2.24) is 8.75 Å². The van der Waals surface area contributed by atoms with Crippen LogP contribution in [0.2, 0.25) is 0 Å². The zero-order valence-electron chi connectivity index (χ0n) is 14.5. The molecule has 0 spiro atoms. The van der Waals surface area contributed by atoms with Gasteiger partial charge in [-0.1, -0.05) is 0 Å². The second-order valence-electron chi connectivity index (χ2n) is 6.41. The van der Waals surface area contributed by atoms with Crippen molar-refractivity contribution in [3.05, 3.63) is 48.0 Å². The second-order valence-corrected chi connectivity index (χ2v) is 6.94. The number of rotatable bonds is 4. The summed E-state index contributed by atoms with van der Waals surface area (Å²) in [6.07, 6.45) is 2.53. The average Bonchev–Trinajstić information content (AvgIpc) is 3.16. The van der Waals surface area contributed by atoms with Crippen LogP contribution >= 0.6 is 11.7 Å². The minimum atomic E-state index is -0.148. The summed E-state index contributed by atoms with van der Waals surface area (Å²) in [7, 11) is 1.77. The Balaban J connectivity index is 1.44. The normalized spacial score (nSPS) is 17.4. The molecule has 1 amide bonds. The second kappa shape index (κ2) is 7.39. The first-order valence-electron chi connectivity index (χ1n) is 8.64. The van der Waals surface area contributed by atoms with Crippen LogP contribution < -0.4 is 10.2 Å². The molecule has 0 bridgehead atoms. The number of carbonyl (C=O) groups excluding carboxylic acids is 1. The van der Waals surface area contributed by atoms with E-state index in [4.69, 9.17) is 4.74 Å². The van der Waals surface area contributed by atoms with Crippen LogP contribution in [-0.2, 0) is 4.74 Å². The highest BCUT2D eigenvalue weighted by Gasteiger charge is 2.19. The number of hydrogen-bond donors (Lipinski definition) is 1. The third-order valence-electron chi connectivity index (χ3n) is 4.72. The van der Waals surface area contributed by atoms with E-state index in [0.29, 0.717) is 11.7 Å². The van der Waals surface area contributed by atoms with Crippen LogP contribution in [0.3, 0.4) is 0 Å². The Kier molecular flexibility index (Phi) is 4.81. The molecule has 3 aromatic rings. The van der Waals surface area contributed by atoms with Gasteiger partial charge in [0.1, 0.15) is 11.0 Å². The predicted octanol–water partition coefficient (Wildman–Crippen LogP) is 3.56. The maximum absolute atomic E-state index is 12.5. The van der Waals surface area contributed by atoms with Gasteiger partial charge >= 0.3 is 0 Å². The molecule has 6 nitrogen and oxygen atoms in total. The number of fused-ring (bicyclic) bond motifs is 1. The Hall–Kier alpha value is -2.51. The molecule has 26 heavy (non-hydrogen) atoms. The number of hydrogen-bond acceptors (Lipinski definition) is 6. The zero-order valence-corrected chi connectivity index (χ0v) is 15.3. The first-order valence-corrected chi connectivity index (χ1v) is 9.37. The molecule has 134 valence electrons. The number of ether oxygens (including phenoxy) is 1. The summed E-state index contributed by atoms with van der Waals surface area (Å²) in [6.45, 7) is 1.94. The summed E-state index contributed by atoms with van der Waals surface area (Å²) in [4.78, 5) is 14.8. The molecule has 1 aliphatic rings. The fourth-order valence-corrected chi connectivity index (χ4v) is 3.76. The largest absolute Gasteiger partial charge is 0.380 e. The van der Waals surface area contributed by atoms with Crippen molar-refractivity contribution in [3.63, 3.8) is 0 Å². The quantitative estimate of drug-likeness (QED) is 0.763. The molecule has 1 atom stereocenters. The molecular formula is C19H20N4O2S. The number of benzene rings is 2. The Morgan fingerprint density at radius 1 is 1.19 bits per heavy atom. The molecule has 4 rings (SSSR count). The van der Waals surface area contributed by atoms with Crippen LogP contribution in [0.4, 0.5) is 11.4 Å². The molecule has 1 fully saturated rings. The van der Waals surface area contributed by atoms with Crippen molar-refractivity contribution in [3.8, 4) is 0 Å². The summed E-state index contributed by atoms with van der Waals surface area (Å²) in [5, 5.41) is 2.94. The number of aromatic nitrogens is 2. The van der Waals surface area contributed by atoms with Crippen LogP contribution in [0.1, 0.15) is 23.2 Å². The molecule has 0 radical (unpaired) electrons. The minimum Gasteiger partial charge on any atom is -0.380 e. The van der Waals surface area contributed by atoms with E-state index in [9.17, 15) is 4.79 Å². The summed E-state index contributed by atoms with van der Waals surface area (Å²) < 4.78 is 13.8. The molecule has 1 N–H and O–H groups in total. The number of carbonyl (C=O) groups is 1. The summed E-state index contributed by atoms with van der Waals surface area (Å²) >= 11 is 1.15. The minimum absolute atomic E-state index is 0.148. The van der Waals surface area contributed by atoms with Crippen LogP contribution in [0.25, 0.3) is 11.0 Å². The van der Waals surface area contributed by atoms with Gasteiger partial charge in [0.2, 0.25) is 0 Å². The lowest BCUT2D eigenvalue weighted by Gasteiger charge is -2.33. The van der Waals surface area contributed by atoms with E-state index >= 15 is 0 Å². The highest BCUT2D eigenvalue weighted by atomic mass is 32.1. The third kappa shape index (κ3) is 3.54. The number of anilines is 2. The Labute approximate surface area is 156 Å². The topological polar surface area (TPSA) is 67.3 Å². The van der Waals surface area contributed by atoms with Gasteiger partial charge in [-0.05, 0) is 55.3 Å². The standard InChI is InChI=1S/C19H20N4O2S/c1-25-16-3-2-10-23(12-16)15-7-5-14(6-8-15)20-19(24)13-4-9-17-18(11-13)22-26-21-17/h4-9,11,16H,2-3,10,12H2,1H3,(H,20,24). The van der Waals surface area contributed by atoms with Crippen molar-refractivity contribution in [1.29, 1.82) is 0 Å². The fraction of sp³-hybridized carbons (Fsp3) is 0.316. The molecule has 1 aromatic heterocycles. The highest BCUT2D eigenvalue weighted by molar-refractivity contribution is 7.00. The smallest absolute Gasteiger partial charge is 0.255 e. The maximum atomic E-state index is 12.5. The Morgan fingerprint density at radius 2 is 2.00 bits per heavy atom. The van der Waals surface area contributed by atoms with Crippen molar-refractivity contribution < 1.29 is 9.53 Å². The molecular weight excluding hydrogens is 348 g/mol. The van der Waals surface area contributed by atoms with Crippen molar-refractivity contribution >= 4 is 40.0 Å². The van der Waals surface area contributed by atoms with Crippen molar-refractivity contribution in [2.75, 3.05) is 30.4 Å². The van der Waals surface area contributed by atoms with E-state index in [1.807, 2.05) is 30.3 Å². The third-order valence-corrected chi connectivity index (χ3v) is 5.27. The van der Waals surface area contributed by atoms with Gasteiger partial charge < -0.3 is 15.0 Å². The van der Waals surface area contributed by atoms with Gasteiger partial charge in [-0.3, -0.25) is 4.79 Å². The van der Waals surface area contributed by atoms with Crippen molar-refractivity contribution in [2.45, 2.75) is 18.9 Å². The zero-order chi connectivity index (χ0) is 17.9. The van der Waals surface area contributed by atoms with Crippen LogP contribution in [0, 0.1) is 0 Å². The van der Waals surface area contributed by atoms with E-state index in [1.54, 1.807) is 19.2 Å². The van der Waals surface area contributed by atoms with Crippen LogP contribution in [0.5, 0.6) is 0 Å². The lowest BCUT2D eigenvalue weighted by molar-refractivity contribution is 0.0893. The van der Waals surface area contributed by atoms with Gasteiger partial charge in [0.25, 0.3) is 5.91 Å². The molecule has 0 saturated carbocycles. The SMILES string of the molecule is COC1CCCN(c2ccc(NC(=O)c3ccc4nsnc4c3)cc2)C1. The number of methoxy groups -OCH3 is 1. The molecule has 1 aliphatic heterocycles. The van der Waals surface area contributed by atoms with Crippen LogP contribution in [0.15, 0.2) is 42.5 Å². The molecule has 2 heterocycles. The monoisotopic (exact) mass is 368 g/mol. The van der Waals surface area contributed by atoms with Crippen molar-refractivity contribution in [2.24, 2.45) is 0 Å². The lowest BCUT2D eigenvalue weighted by atomic mass is 10.1. The lowest BCUT2D eigenvalue weighted by Crippen LogP contribution is -2.39. The highest BCUT2D eigenvalue weighted by Crippen LogP contribution is 2.23. The van der Waals surface area contributed by atoms with E-state index in [-0.39, 0.29) is 5.91 Å². The Bertz CT molecular complexity index is 909. The first kappa shape index (κ1) is 16.9. The average molecular weight is 368 g/mol. The number of nitrogens with zero attached hydrogens (tertiary/aromatic N) is 3. The first-order chi connectivity index (χ1) is 12.7. The maximum Gasteiger partial charge on any atom is 0.255 e. The molecule has 1 saturated heterocycles.